The lowest BCUT2D eigenvalue weighted by molar-refractivity contribution is -0.132. The van der Waals surface area contributed by atoms with Crippen molar-refractivity contribution in [2.75, 3.05) is 31.7 Å². The van der Waals surface area contributed by atoms with E-state index in [0.717, 1.165) is 25.9 Å². The topological polar surface area (TPSA) is 55.9 Å². The molecule has 6 nitrogen and oxygen atoms in total. The van der Waals surface area contributed by atoms with Crippen molar-refractivity contribution in [3.8, 4) is 0 Å². The largest absolute Gasteiger partial charge is 0.371 e. The summed E-state index contributed by atoms with van der Waals surface area (Å²) in [6, 6.07) is 8.23. The van der Waals surface area contributed by atoms with Crippen molar-refractivity contribution in [3.63, 3.8) is 0 Å². The number of anilines is 1. The van der Waals surface area contributed by atoms with Crippen LogP contribution in [0.3, 0.4) is 0 Å². The van der Waals surface area contributed by atoms with Crippen LogP contribution in [0.15, 0.2) is 24.3 Å². The standard InChI is InChI=1S/C21H30N4O2/c1-21(17-10-11-17)19(26)25(20(27)22-21)15-23(2)14-16-8-4-5-9-18(16)24-12-6-3-7-13-24/h4-5,8-9,17H,3,6-7,10-15H2,1-2H3,(H,22,27). The molecule has 0 radical (unpaired) electrons. The van der Waals surface area contributed by atoms with Crippen LogP contribution in [0.4, 0.5) is 10.5 Å². The summed E-state index contributed by atoms with van der Waals surface area (Å²) in [5, 5.41) is 2.93. The molecule has 2 heterocycles. The lowest BCUT2D eigenvalue weighted by Crippen LogP contribution is -2.46. The number of hydrogen-bond donors (Lipinski definition) is 1. The molecular formula is C21H30N4O2. The van der Waals surface area contributed by atoms with Gasteiger partial charge in [0.25, 0.3) is 5.91 Å². The molecule has 1 aromatic carbocycles. The molecule has 2 aliphatic heterocycles. The number of amides is 3. The van der Waals surface area contributed by atoms with Crippen LogP contribution < -0.4 is 10.2 Å². The molecule has 3 fully saturated rings. The Labute approximate surface area is 161 Å². The van der Waals surface area contributed by atoms with Crippen molar-refractivity contribution in [2.24, 2.45) is 5.92 Å². The van der Waals surface area contributed by atoms with E-state index in [4.69, 9.17) is 0 Å². The minimum Gasteiger partial charge on any atom is -0.371 e. The second kappa shape index (κ2) is 7.15. The van der Waals surface area contributed by atoms with Gasteiger partial charge in [0.1, 0.15) is 5.54 Å². The number of carbonyl (C=O) groups excluding carboxylic acids is 2. The summed E-state index contributed by atoms with van der Waals surface area (Å²) >= 11 is 0. The van der Waals surface area contributed by atoms with Crippen LogP contribution in [-0.4, -0.2) is 54.1 Å². The molecule has 3 aliphatic rings. The predicted molar refractivity (Wildman–Crippen MR) is 105 cm³/mol. The number of piperidine rings is 1. The summed E-state index contributed by atoms with van der Waals surface area (Å²) in [5.41, 5.74) is 1.83. The number of para-hydroxylation sites is 1. The van der Waals surface area contributed by atoms with Crippen LogP contribution in [0.5, 0.6) is 0 Å². The van der Waals surface area contributed by atoms with Gasteiger partial charge < -0.3 is 10.2 Å². The first-order chi connectivity index (χ1) is 13.0. The smallest absolute Gasteiger partial charge is 0.326 e. The molecule has 3 amide bonds. The van der Waals surface area contributed by atoms with E-state index in [9.17, 15) is 9.59 Å². The van der Waals surface area contributed by atoms with E-state index >= 15 is 0 Å². The Kier molecular flexibility index (Phi) is 4.84. The van der Waals surface area contributed by atoms with Gasteiger partial charge in [-0.2, -0.15) is 0 Å². The maximum absolute atomic E-state index is 12.8. The van der Waals surface area contributed by atoms with Gasteiger partial charge in [-0.25, -0.2) is 9.69 Å². The van der Waals surface area contributed by atoms with Crippen molar-refractivity contribution in [1.29, 1.82) is 0 Å². The zero-order valence-corrected chi connectivity index (χ0v) is 16.4. The van der Waals surface area contributed by atoms with E-state index in [2.05, 4.69) is 39.4 Å². The Morgan fingerprint density at radius 2 is 1.85 bits per heavy atom. The van der Waals surface area contributed by atoms with Crippen molar-refractivity contribution in [2.45, 2.75) is 51.1 Å². The third kappa shape index (κ3) is 3.55. The van der Waals surface area contributed by atoms with Crippen molar-refractivity contribution >= 4 is 17.6 Å². The molecule has 1 N–H and O–H groups in total. The van der Waals surface area contributed by atoms with E-state index in [0.29, 0.717) is 19.1 Å². The Morgan fingerprint density at radius 1 is 1.15 bits per heavy atom. The summed E-state index contributed by atoms with van der Waals surface area (Å²) in [6.07, 6.45) is 5.84. The van der Waals surface area contributed by atoms with Crippen LogP contribution >= 0.6 is 0 Å². The van der Waals surface area contributed by atoms with Crippen molar-refractivity contribution in [1.82, 2.24) is 15.1 Å². The van der Waals surface area contributed by atoms with Crippen molar-refractivity contribution in [3.05, 3.63) is 29.8 Å². The lowest BCUT2D eigenvalue weighted by Gasteiger charge is -2.32. The van der Waals surface area contributed by atoms with Crippen LogP contribution in [0.1, 0.15) is 44.6 Å². The summed E-state index contributed by atoms with van der Waals surface area (Å²) in [5.74, 6) is 0.218. The van der Waals surface area contributed by atoms with Gasteiger partial charge in [0.2, 0.25) is 0 Å². The average molecular weight is 370 g/mol. The third-order valence-electron chi connectivity index (χ3n) is 6.21. The van der Waals surface area contributed by atoms with Gasteiger partial charge in [0.05, 0.1) is 6.67 Å². The van der Waals surface area contributed by atoms with Gasteiger partial charge in [0.15, 0.2) is 0 Å². The number of hydrogen-bond acceptors (Lipinski definition) is 4. The highest BCUT2D eigenvalue weighted by Gasteiger charge is 2.56. The summed E-state index contributed by atoms with van der Waals surface area (Å²) in [6.45, 7) is 5.11. The fraction of sp³-hybridized carbons (Fsp3) is 0.619. The van der Waals surface area contributed by atoms with Gasteiger partial charge in [-0.15, -0.1) is 0 Å². The quantitative estimate of drug-likeness (QED) is 0.783. The zero-order valence-electron chi connectivity index (χ0n) is 16.4. The molecule has 6 heteroatoms. The average Bonchev–Trinajstić information content (AvgIpc) is 3.49. The van der Waals surface area contributed by atoms with Crippen LogP contribution in [0.25, 0.3) is 0 Å². The minimum absolute atomic E-state index is 0.0776. The molecule has 0 aromatic heterocycles. The van der Waals surface area contributed by atoms with Gasteiger partial charge in [0, 0.05) is 25.3 Å². The van der Waals surface area contributed by atoms with Crippen LogP contribution in [0, 0.1) is 5.92 Å². The third-order valence-corrected chi connectivity index (χ3v) is 6.21. The summed E-state index contributed by atoms with van der Waals surface area (Å²) in [7, 11) is 1.97. The number of imide groups is 1. The number of nitrogens with one attached hydrogen (secondary N) is 1. The molecule has 2 saturated heterocycles. The van der Waals surface area contributed by atoms with E-state index in [-0.39, 0.29) is 11.9 Å². The number of nitrogens with zero attached hydrogens (tertiary/aromatic N) is 3. The summed E-state index contributed by atoms with van der Waals surface area (Å²) < 4.78 is 0. The molecule has 1 saturated carbocycles. The Balaban J connectivity index is 1.43. The van der Waals surface area contributed by atoms with E-state index in [1.165, 1.54) is 35.4 Å². The second-order valence-corrected chi connectivity index (χ2v) is 8.47. The molecule has 0 bridgehead atoms. The fourth-order valence-electron chi connectivity index (χ4n) is 4.45. The number of benzene rings is 1. The van der Waals surface area contributed by atoms with Gasteiger partial charge in [-0.1, -0.05) is 18.2 Å². The maximum atomic E-state index is 12.8. The zero-order chi connectivity index (χ0) is 19.0. The molecule has 1 aromatic rings. The number of urea groups is 1. The Bertz CT molecular complexity index is 727. The first-order valence-corrected chi connectivity index (χ1v) is 10.1. The summed E-state index contributed by atoms with van der Waals surface area (Å²) in [4.78, 5) is 31.1. The predicted octanol–water partition coefficient (Wildman–Crippen LogP) is 2.79. The van der Waals surface area contributed by atoms with E-state index in [1.54, 1.807) is 0 Å². The fourth-order valence-corrected chi connectivity index (χ4v) is 4.45. The van der Waals surface area contributed by atoms with Crippen LogP contribution in [0.2, 0.25) is 0 Å². The highest BCUT2D eigenvalue weighted by atomic mass is 16.2. The monoisotopic (exact) mass is 370 g/mol. The molecule has 0 spiro atoms. The van der Waals surface area contributed by atoms with Gasteiger partial charge >= 0.3 is 6.03 Å². The van der Waals surface area contributed by atoms with E-state index in [1.807, 2.05) is 14.0 Å². The lowest BCUT2D eigenvalue weighted by atomic mass is 9.96. The SMILES string of the molecule is CN(Cc1ccccc1N1CCCCC1)CN1C(=O)NC(C)(C2CC2)C1=O. The van der Waals surface area contributed by atoms with Crippen molar-refractivity contribution < 1.29 is 9.59 Å². The molecule has 27 heavy (non-hydrogen) atoms. The first kappa shape index (κ1) is 18.3. The van der Waals surface area contributed by atoms with Gasteiger partial charge in [-0.05, 0) is 63.6 Å². The molecule has 1 unspecified atom stereocenters. The Morgan fingerprint density at radius 3 is 2.56 bits per heavy atom. The second-order valence-electron chi connectivity index (χ2n) is 8.47. The highest BCUT2D eigenvalue weighted by Crippen LogP contribution is 2.42. The minimum atomic E-state index is -0.705. The Hall–Kier alpha value is -2.08. The molecule has 1 atom stereocenters. The number of rotatable bonds is 6. The van der Waals surface area contributed by atoms with Gasteiger partial charge in [-0.3, -0.25) is 9.69 Å². The normalized spacial score (nSPS) is 26.0. The maximum Gasteiger partial charge on any atom is 0.326 e. The van der Waals surface area contributed by atoms with E-state index < -0.39 is 5.54 Å². The van der Waals surface area contributed by atoms with Crippen LogP contribution in [-0.2, 0) is 11.3 Å². The molecule has 146 valence electrons. The first-order valence-electron chi connectivity index (χ1n) is 10.1. The number of carbonyl (C=O) groups is 2. The molecular weight excluding hydrogens is 340 g/mol. The molecule has 4 rings (SSSR count). The highest BCUT2D eigenvalue weighted by molar-refractivity contribution is 6.07. The molecule has 1 aliphatic carbocycles.